The third kappa shape index (κ3) is 7.26. The van der Waals surface area contributed by atoms with Gasteiger partial charge < -0.3 is 20.5 Å². The molecular formula is C37H41N5O4. The van der Waals surface area contributed by atoms with Crippen LogP contribution in [0.1, 0.15) is 62.6 Å². The number of amides is 2. The van der Waals surface area contributed by atoms with Crippen LogP contribution in [-0.4, -0.2) is 38.9 Å². The molecule has 0 atom stereocenters. The Morgan fingerprint density at radius 3 is 2.28 bits per heavy atom. The number of benzene rings is 2. The predicted molar refractivity (Wildman–Crippen MR) is 184 cm³/mol. The molecule has 9 nitrogen and oxygen atoms in total. The van der Waals surface area contributed by atoms with Gasteiger partial charge in [0.25, 0.3) is 5.56 Å². The lowest BCUT2D eigenvalue weighted by Gasteiger charge is -2.22. The number of carbonyl (C=O) groups excluding carboxylic acids is 1. The first-order chi connectivity index (χ1) is 22.3. The van der Waals surface area contributed by atoms with E-state index >= 15 is 0 Å². The maximum absolute atomic E-state index is 14.2. The van der Waals surface area contributed by atoms with Crippen molar-refractivity contribution in [2.24, 2.45) is 0 Å². The number of nitrogens with one attached hydrogen (secondary N) is 2. The normalized spacial score (nSPS) is 11.3. The number of carbonyl (C=O) groups is 1. The third-order valence-corrected chi connectivity index (χ3v) is 7.94. The molecule has 46 heavy (non-hydrogen) atoms. The Balaban J connectivity index is 1.57. The highest BCUT2D eigenvalue weighted by molar-refractivity contribution is 6.07. The van der Waals surface area contributed by atoms with Crippen LogP contribution in [0.25, 0.3) is 22.2 Å². The van der Waals surface area contributed by atoms with Crippen molar-refractivity contribution in [2.75, 3.05) is 23.8 Å². The number of para-hydroxylation sites is 1. The molecule has 0 radical (unpaired) electrons. The fraction of sp³-hybridized carbons (Fsp3) is 0.297. The highest BCUT2D eigenvalue weighted by Gasteiger charge is 2.23. The number of fused-ring (bicyclic) bond motifs is 1. The van der Waals surface area contributed by atoms with Gasteiger partial charge >= 0.3 is 6.03 Å². The minimum absolute atomic E-state index is 0.0887. The Morgan fingerprint density at radius 1 is 0.891 bits per heavy atom. The number of aliphatic hydroxyl groups is 1. The molecule has 0 fully saturated rings. The molecule has 5 aromatic rings. The molecule has 0 saturated carbocycles. The molecular weight excluding hydrogens is 578 g/mol. The molecule has 0 aliphatic heterocycles. The third-order valence-electron chi connectivity index (χ3n) is 7.94. The Labute approximate surface area is 269 Å². The van der Waals surface area contributed by atoms with Gasteiger partial charge in [0.15, 0.2) is 0 Å². The zero-order valence-corrected chi connectivity index (χ0v) is 26.8. The Kier molecular flexibility index (Phi) is 10.4. The van der Waals surface area contributed by atoms with E-state index in [9.17, 15) is 14.7 Å². The van der Waals surface area contributed by atoms with Gasteiger partial charge in [-0.2, -0.15) is 0 Å². The number of hydrogen-bond acceptors (Lipinski definition) is 6. The number of aromatic nitrogens is 3. The van der Waals surface area contributed by atoms with Crippen LogP contribution < -0.4 is 20.9 Å². The molecule has 5 rings (SSSR count). The summed E-state index contributed by atoms with van der Waals surface area (Å²) in [7, 11) is 0. The molecule has 0 aliphatic carbocycles. The zero-order chi connectivity index (χ0) is 32.6. The average molecular weight is 620 g/mol. The summed E-state index contributed by atoms with van der Waals surface area (Å²) in [5, 5.41) is 16.3. The number of ether oxygens (including phenoxy) is 1. The maximum Gasteiger partial charge on any atom is 0.323 e. The molecule has 2 amide bonds. The van der Waals surface area contributed by atoms with Crippen LogP contribution in [-0.2, 0) is 13.0 Å². The van der Waals surface area contributed by atoms with E-state index in [0.29, 0.717) is 47.4 Å². The van der Waals surface area contributed by atoms with Crippen molar-refractivity contribution in [1.82, 2.24) is 14.5 Å². The smallest absolute Gasteiger partial charge is 0.323 e. The van der Waals surface area contributed by atoms with E-state index in [4.69, 9.17) is 4.74 Å². The lowest BCUT2D eigenvalue weighted by Crippen LogP contribution is -2.30. The van der Waals surface area contributed by atoms with Crippen molar-refractivity contribution in [3.63, 3.8) is 0 Å². The number of rotatable bonds is 12. The van der Waals surface area contributed by atoms with Gasteiger partial charge in [0.2, 0.25) is 0 Å². The number of aliphatic hydroxyl groups excluding tert-OH is 1. The van der Waals surface area contributed by atoms with Gasteiger partial charge in [0.1, 0.15) is 17.1 Å². The fourth-order valence-corrected chi connectivity index (χ4v) is 5.66. The van der Waals surface area contributed by atoms with Gasteiger partial charge in [-0.15, -0.1) is 0 Å². The number of nitrogens with zero attached hydrogens (tertiary/aromatic N) is 3. The number of anilines is 2. The van der Waals surface area contributed by atoms with E-state index in [1.807, 2.05) is 60.7 Å². The van der Waals surface area contributed by atoms with Crippen LogP contribution in [0.15, 0.2) is 90.1 Å². The highest BCUT2D eigenvalue weighted by atomic mass is 16.5. The molecule has 2 aromatic carbocycles. The summed E-state index contributed by atoms with van der Waals surface area (Å²) in [4.78, 5) is 36.6. The molecule has 3 heterocycles. The van der Waals surface area contributed by atoms with E-state index in [2.05, 4.69) is 48.3 Å². The van der Waals surface area contributed by atoms with E-state index in [1.165, 1.54) is 4.57 Å². The van der Waals surface area contributed by atoms with Crippen molar-refractivity contribution < 1.29 is 14.6 Å². The summed E-state index contributed by atoms with van der Waals surface area (Å²) in [5.41, 5.74) is 5.33. The van der Waals surface area contributed by atoms with Crippen molar-refractivity contribution in [1.29, 1.82) is 0 Å². The molecule has 3 N–H and O–H groups in total. The SMILES string of the molecule is CC(C)c1cccc(C(C)C)c1NC(=O)Nc1c(-c2cccc(OCCc3ccncc3)c2)c2cccnc2n(CCCO)c1=O. The predicted octanol–water partition coefficient (Wildman–Crippen LogP) is 7.35. The second-order valence-electron chi connectivity index (χ2n) is 11.8. The van der Waals surface area contributed by atoms with Gasteiger partial charge in [-0.05, 0) is 76.9 Å². The molecule has 0 unspecified atom stereocenters. The average Bonchev–Trinajstić information content (AvgIpc) is 3.05. The van der Waals surface area contributed by atoms with Gasteiger partial charge in [0.05, 0.1) is 6.61 Å². The van der Waals surface area contributed by atoms with Gasteiger partial charge in [0, 0.05) is 54.8 Å². The van der Waals surface area contributed by atoms with Crippen molar-refractivity contribution >= 4 is 28.4 Å². The molecule has 0 spiro atoms. The minimum Gasteiger partial charge on any atom is -0.493 e. The maximum atomic E-state index is 14.2. The molecule has 9 heteroatoms. The monoisotopic (exact) mass is 619 g/mol. The van der Waals surface area contributed by atoms with Crippen molar-refractivity contribution in [3.8, 4) is 16.9 Å². The fourth-order valence-electron chi connectivity index (χ4n) is 5.66. The summed E-state index contributed by atoms with van der Waals surface area (Å²) in [6.07, 6.45) is 6.22. The van der Waals surface area contributed by atoms with Gasteiger partial charge in [-0.25, -0.2) is 9.78 Å². The quantitative estimate of drug-likeness (QED) is 0.134. The first-order valence-corrected chi connectivity index (χ1v) is 15.7. The molecule has 0 aliphatic rings. The first kappa shape index (κ1) is 32.4. The van der Waals surface area contributed by atoms with E-state index in [-0.39, 0.29) is 30.7 Å². The van der Waals surface area contributed by atoms with Crippen LogP contribution in [0.3, 0.4) is 0 Å². The number of hydrogen-bond donors (Lipinski definition) is 3. The molecule has 238 valence electrons. The Morgan fingerprint density at radius 2 is 1.59 bits per heavy atom. The second kappa shape index (κ2) is 14.8. The standard InChI is InChI=1S/C37H41N5O4/c1-24(2)29-11-6-12-30(25(3)4)33(29)40-37(45)41-34-32(31-13-7-17-39-35(31)42(36(34)44)20-8-21-43)27-9-5-10-28(23-27)46-22-16-26-14-18-38-19-15-26/h5-7,9-15,17-19,23-25,43H,8,16,20-22H2,1-4H3,(H2,40,41,45). The summed E-state index contributed by atoms with van der Waals surface area (Å²) in [5.74, 6) is 0.984. The Bertz CT molecular complexity index is 1840. The van der Waals surface area contributed by atoms with Crippen LogP contribution in [0.2, 0.25) is 0 Å². The summed E-state index contributed by atoms with van der Waals surface area (Å²) >= 11 is 0. The highest BCUT2D eigenvalue weighted by Crippen LogP contribution is 2.36. The van der Waals surface area contributed by atoms with Crippen LogP contribution in [0.5, 0.6) is 5.75 Å². The van der Waals surface area contributed by atoms with E-state index in [0.717, 1.165) is 22.4 Å². The van der Waals surface area contributed by atoms with E-state index in [1.54, 1.807) is 24.7 Å². The minimum atomic E-state index is -0.518. The number of urea groups is 1. The van der Waals surface area contributed by atoms with Gasteiger partial charge in [-0.3, -0.25) is 14.3 Å². The Hall–Kier alpha value is -5.02. The summed E-state index contributed by atoms with van der Waals surface area (Å²) in [6.45, 7) is 8.96. The van der Waals surface area contributed by atoms with Crippen molar-refractivity contribution in [2.45, 2.75) is 58.9 Å². The second-order valence-corrected chi connectivity index (χ2v) is 11.8. The molecule has 0 bridgehead atoms. The zero-order valence-electron chi connectivity index (χ0n) is 26.8. The van der Waals surface area contributed by atoms with Gasteiger partial charge in [-0.1, -0.05) is 58.0 Å². The number of aryl methyl sites for hydroxylation is 1. The largest absolute Gasteiger partial charge is 0.493 e. The van der Waals surface area contributed by atoms with Crippen LogP contribution in [0, 0.1) is 0 Å². The topological polar surface area (TPSA) is 118 Å². The van der Waals surface area contributed by atoms with Crippen LogP contribution >= 0.6 is 0 Å². The summed E-state index contributed by atoms with van der Waals surface area (Å²) < 4.78 is 7.63. The lowest BCUT2D eigenvalue weighted by molar-refractivity contribution is 0.262. The molecule has 0 saturated heterocycles. The lowest BCUT2D eigenvalue weighted by atomic mass is 9.93. The number of pyridine rings is 3. The van der Waals surface area contributed by atoms with Crippen molar-refractivity contribution in [3.05, 3.63) is 112 Å². The van der Waals surface area contributed by atoms with Crippen LogP contribution in [0.4, 0.5) is 16.2 Å². The summed E-state index contributed by atoms with van der Waals surface area (Å²) in [6, 6.07) is 20.6. The molecule has 3 aromatic heterocycles. The van der Waals surface area contributed by atoms with E-state index < -0.39 is 11.6 Å². The first-order valence-electron chi connectivity index (χ1n) is 15.7.